The number of para-hydroxylation sites is 1. The molecule has 6 heteroatoms. The minimum atomic E-state index is -0.398. The van der Waals surface area contributed by atoms with Crippen LogP contribution in [0.3, 0.4) is 0 Å². The van der Waals surface area contributed by atoms with Gasteiger partial charge in [0.15, 0.2) is 0 Å². The van der Waals surface area contributed by atoms with Crippen molar-refractivity contribution in [3.63, 3.8) is 0 Å². The summed E-state index contributed by atoms with van der Waals surface area (Å²) in [6, 6.07) is 15.1. The predicted octanol–water partition coefficient (Wildman–Crippen LogP) is 4.47. The van der Waals surface area contributed by atoms with E-state index in [1.54, 1.807) is 20.2 Å². The van der Waals surface area contributed by atoms with Crippen LogP contribution in [0.25, 0.3) is 0 Å². The predicted molar refractivity (Wildman–Crippen MR) is 104 cm³/mol. The SMILES string of the molecule is CN(C)C(=O)Oc1cccc(C(CCOc2ccccc2Cl)N(C)C)c1. The molecule has 0 bridgehead atoms. The van der Waals surface area contributed by atoms with Gasteiger partial charge in [-0.15, -0.1) is 0 Å². The Labute approximate surface area is 160 Å². The van der Waals surface area contributed by atoms with E-state index in [9.17, 15) is 4.79 Å². The Kier molecular flexibility index (Phi) is 7.30. The third-order valence-corrected chi connectivity index (χ3v) is 4.23. The summed E-state index contributed by atoms with van der Waals surface area (Å²) in [6.07, 6.45) is 0.370. The van der Waals surface area contributed by atoms with Crippen LogP contribution in [0.5, 0.6) is 11.5 Å². The molecule has 0 heterocycles. The summed E-state index contributed by atoms with van der Waals surface area (Å²) in [5.74, 6) is 1.21. The van der Waals surface area contributed by atoms with Gasteiger partial charge in [-0.25, -0.2) is 4.79 Å². The highest BCUT2D eigenvalue weighted by Crippen LogP contribution is 2.28. The van der Waals surface area contributed by atoms with Gasteiger partial charge >= 0.3 is 6.09 Å². The van der Waals surface area contributed by atoms with Crippen LogP contribution < -0.4 is 9.47 Å². The molecule has 0 aliphatic carbocycles. The molecule has 0 spiro atoms. The van der Waals surface area contributed by atoms with Crippen molar-refractivity contribution in [3.05, 3.63) is 59.1 Å². The molecule has 1 amide bonds. The number of carbonyl (C=O) groups is 1. The van der Waals surface area contributed by atoms with Crippen molar-refractivity contribution in [2.45, 2.75) is 12.5 Å². The molecule has 2 rings (SSSR count). The zero-order valence-corrected chi connectivity index (χ0v) is 16.4. The maximum atomic E-state index is 11.7. The van der Waals surface area contributed by atoms with E-state index in [1.165, 1.54) is 4.90 Å². The molecule has 0 radical (unpaired) electrons. The molecular weight excluding hydrogens is 352 g/mol. The Hall–Kier alpha value is -2.24. The normalized spacial score (nSPS) is 11.9. The number of nitrogens with zero attached hydrogens (tertiary/aromatic N) is 2. The first kappa shape index (κ1) is 20.1. The molecule has 0 aromatic heterocycles. The van der Waals surface area contributed by atoms with Gasteiger partial charge in [-0.1, -0.05) is 35.9 Å². The molecule has 2 aromatic rings. The molecule has 0 aliphatic heterocycles. The summed E-state index contributed by atoms with van der Waals surface area (Å²) in [5.41, 5.74) is 1.06. The number of halogens is 1. The molecule has 0 saturated carbocycles. The molecule has 0 fully saturated rings. The molecule has 140 valence electrons. The standard InChI is InChI=1S/C20H25ClN2O3/c1-22(2)18(12-13-25-19-11-6-5-10-17(19)21)15-8-7-9-16(14-15)26-20(24)23(3)4/h5-11,14,18H,12-13H2,1-4H3. The molecule has 1 atom stereocenters. The number of hydrogen-bond acceptors (Lipinski definition) is 4. The summed E-state index contributed by atoms with van der Waals surface area (Å²) in [4.78, 5) is 15.3. The largest absolute Gasteiger partial charge is 0.492 e. The van der Waals surface area contributed by atoms with Gasteiger partial charge in [0.05, 0.1) is 11.6 Å². The fourth-order valence-electron chi connectivity index (χ4n) is 2.54. The average Bonchev–Trinajstić information content (AvgIpc) is 2.60. The fourth-order valence-corrected chi connectivity index (χ4v) is 2.73. The lowest BCUT2D eigenvalue weighted by molar-refractivity contribution is 0.171. The van der Waals surface area contributed by atoms with E-state index in [1.807, 2.05) is 56.6 Å². The minimum absolute atomic E-state index is 0.121. The highest BCUT2D eigenvalue weighted by molar-refractivity contribution is 6.32. The lowest BCUT2D eigenvalue weighted by Gasteiger charge is -2.25. The monoisotopic (exact) mass is 376 g/mol. The zero-order chi connectivity index (χ0) is 19.1. The number of carbonyl (C=O) groups excluding carboxylic acids is 1. The summed E-state index contributed by atoms with van der Waals surface area (Å²) < 4.78 is 11.2. The summed E-state index contributed by atoms with van der Waals surface area (Å²) in [7, 11) is 7.33. The molecule has 0 saturated heterocycles. The number of ether oxygens (including phenoxy) is 2. The van der Waals surface area contributed by atoms with Crippen molar-refractivity contribution < 1.29 is 14.3 Å². The smallest absolute Gasteiger partial charge is 0.414 e. The first-order chi connectivity index (χ1) is 12.4. The summed E-state index contributed by atoms with van der Waals surface area (Å²) >= 11 is 6.13. The van der Waals surface area contributed by atoms with Gasteiger partial charge in [0.25, 0.3) is 0 Å². The van der Waals surface area contributed by atoms with Crippen molar-refractivity contribution in [2.24, 2.45) is 0 Å². The summed E-state index contributed by atoms with van der Waals surface area (Å²) in [6.45, 7) is 0.522. The van der Waals surface area contributed by atoms with Crippen LogP contribution in [0.1, 0.15) is 18.0 Å². The van der Waals surface area contributed by atoms with Crippen molar-refractivity contribution in [1.82, 2.24) is 9.80 Å². The van der Waals surface area contributed by atoms with E-state index in [0.717, 1.165) is 12.0 Å². The van der Waals surface area contributed by atoms with Crippen molar-refractivity contribution in [3.8, 4) is 11.5 Å². The van der Waals surface area contributed by atoms with Crippen LogP contribution in [0.2, 0.25) is 5.02 Å². The van der Waals surface area contributed by atoms with E-state index >= 15 is 0 Å². The first-order valence-electron chi connectivity index (χ1n) is 8.41. The van der Waals surface area contributed by atoms with E-state index in [4.69, 9.17) is 21.1 Å². The van der Waals surface area contributed by atoms with Crippen LogP contribution >= 0.6 is 11.6 Å². The van der Waals surface area contributed by atoms with Gasteiger partial charge in [0.2, 0.25) is 0 Å². The van der Waals surface area contributed by atoms with Crippen LogP contribution in [0, 0.1) is 0 Å². The van der Waals surface area contributed by atoms with Gasteiger partial charge in [-0.05, 0) is 43.9 Å². The van der Waals surface area contributed by atoms with Gasteiger partial charge < -0.3 is 19.3 Å². The van der Waals surface area contributed by atoms with Crippen molar-refractivity contribution >= 4 is 17.7 Å². The van der Waals surface area contributed by atoms with Crippen LogP contribution in [-0.4, -0.2) is 50.7 Å². The van der Waals surface area contributed by atoms with E-state index in [0.29, 0.717) is 23.1 Å². The molecular formula is C20H25ClN2O3. The number of rotatable bonds is 7. The third-order valence-electron chi connectivity index (χ3n) is 3.92. The first-order valence-corrected chi connectivity index (χ1v) is 8.79. The van der Waals surface area contributed by atoms with Crippen molar-refractivity contribution in [1.29, 1.82) is 0 Å². The second kappa shape index (κ2) is 9.46. The Balaban J connectivity index is 2.05. The molecule has 1 unspecified atom stereocenters. The Bertz CT molecular complexity index is 735. The van der Waals surface area contributed by atoms with Gasteiger partial charge in [0, 0.05) is 26.6 Å². The molecule has 0 aliphatic rings. The number of benzene rings is 2. The number of amides is 1. The van der Waals surface area contributed by atoms with Crippen molar-refractivity contribution in [2.75, 3.05) is 34.8 Å². The Morgan fingerprint density at radius 1 is 1.08 bits per heavy atom. The van der Waals surface area contributed by atoms with E-state index in [2.05, 4.69) is 4.90 Å². The molecule has 26 heavy (non-hydrogen) atoms. The number of hydrogen-bond donors (Lipinski definition) is 0. The summed E-state index contributed by atoms with van der Waals surface area (Å²) in [5, 5.41) is 0.603. The Morgan fingerprint density at radius 2 is 1.81 bits per heavy atom. The second-order valence-corrected chi connectivity index (χ2v) is 6.79. The molecule has 5 nitrogen and oxygen atoms in total. The van der Waals surface area contributed by atoms with Crippen LogP contribution in [0.4, 0.5) is 4.79 Å². The highest BCUT2D eigenvalue weighted by Gasteiger charge is 2.16. The van der Waals surface area contributed by atoms with Gasteiger partial charge in [0.1, 0.15) is 11.5 Å². The molecule has 0 N–H and O–H groups in total. The minimum Gasteiger partial charge on any atom is -0.492 e. The maximum Gasteiger partial charge on any atom is 0.414 e. The van der Waals surface area contributed by atoms with Crippen LogP contribution in [0.15, 0.2) is 48.5 Å². The topological polar surface area (TPSA) is 42.0 Å². The average molecular weight is 377 g/mol. The highest BCUT2D eigenvalue weighted by atomic mass is 35.5. The Morgan fingerprint density at radius 3 is 2.46 bits per heavy atom. The van der Waals surface area contributed by atoms with Gasteiger partial charge in [-0.3, -0.25) is 0 Å². The quantitative estimate of drug-likeness (QED) is 0.714. The maximum absolute atomic E-state index is 11.7. The fraction of sp³-hybridized carbons (Fsp3) is 0.350. The zero-order valence-electron chi connectivity index (χ0n) is 15.6. The molecule has 2 aromatic carbocycles. The van der Waals surface area contributed by atoms with E-state index in [-0.39, 0.29) is 6.04 Å². The van der Waals surface area contributed by atoms with Crippen LogP contribution in [-0.2, 0) is 0 Å². The van der Waals surface area contributed by atoms with E-state index < -0.39 is 6.09 Å². The second-order valence-electron chi connectivity index (χ2n) is 6.38. The van der Waals surface area contributed by atoms with Gasteiger partial charge in [-0.2, -0.15) is 0 Å². The lowest BCUT2D eigenvalue weighted by atomic mass is 10.0. The third kappa shape index (κ3) is 5.64. The lowest BCUT2D eigenvalue weighted by Crippen LogP contribution is -2.25.